The predicted molar refractivity (Wildman–Crippen MR) is 207 cm³/mol. The largest absolute Gasteiger partial charge is 0.453 e. The van der Waals surface area contributed by atoms with Gasteiger partial charge < -0.3 is 19.9 Å². The Kier molecular flexibility index (Phi) is 11.0. The molecule has 2 saturated heterocycles. The van der Waals surface area contributed by atoms with Crippen LogP contribution in [0, 0.1) is 17.8 Å². The first-order valence-electron chi connectivity index (χ1n) is 19.4. The second kappa shape index (κ2) is 16.0. The van der Waals surface area contributed by atoms with Gasteiger partial charge in [0.25, 0.3) is 0 Å². The fourth-order valence-corrected chi connectivity index (χ4v) is 8.77. The second-order valence-corrected chi connectivity index (χ2v) is 15.5. The van der Waals surface area contributed by atoms with E-state index in [1.54, 1.807) is 4.90 Å². The molecule has 1 saturated carbocycles. The Hall–Kier alpha value is -4.86. The van der Waals surface area contributed by atoms with Gasteiger partial charge in [0.2, 0.25) is 11.8 Å². The number of hydrogen-bond acceptors (Lipinski definition) is 7. The summed E-state index contributed by atoms with van der Waals surface area (Å²) in [6.07, 6.45) is 11.9. The van der Waals surface area contributed by atoms with E-state index in [2.05, 4.69) is 53.8 Å². The monoisotopic (exact) mass is 717 g/mol. The van der Waals surface area contributed by atoms with Crippen LogP contribution in [0.25, 0.3) is 22.3 Å². The van der Waals surface area contributed by atoms with Gasteiger partial charge in [-0.05, 0) is 71.4 Å². The van der Waals surface area contributed by atoms with Crippen molar-refractivity contribution in [2.75, 3.05) is 26.7 Å². The summed E-state index contributed by atoms with van der Waals surface area (Å²) in [7, 11) is 1.31. The summed E-state index contributed by atoms with van der Waals surface area (Å²) in [5.74, 6) is 0.215. The Labute approximate surface area is 312 Å². The minimum Gasteiger partial charge on any atom is -0.453 e. The maximum atomic E-state index is 13.6. The molecule has 278 valence electrons. The van der Waals surface area contributed by atoms with Crippen LogP contribution in [-0.2, 0) is 19.1 Å². The lowest BCUT2D eigenvalue weighted by atomic mass is 9.74. The normalized spacial score (nSPS) is 23.7. The molecule has 4 heterocycles. The van der Waals surface area contributed by atoms with Crippen LogP contribution in [0.15, 0.2) is 70.9 Å². The molecule has 0 spiro atoms. The van der Waals surface area contributed by atoms with Gasteiger partial charge in [0.05, 0.1) is 19.7 Å². The van der Waals surface area contributed by atoms with E-state index in [4.69, 9.17) is 14.7 Å². The van der Waals surface area contributed by atoms with Crippen molar-refractivity contribution in [1.29, 1.82) is 0 Å². The van der Waals surface area contributed by atoms with E-state index >= 15 is 0 Å². The zero-order chi connectivity index (χ0) is 37.1. The molecule has 0 unspecified atom stereocenters. The standard InChI is InChI=1S/C43H51N5O5/c1-27(2)40(46-43(52)53-3)42(51)48-21-7-11-39(48)38-23-33(25-45-38)31-18-14-29(15-19-31)28-12-16-30(17-13-28)32-22-37(44-24-32)35-9-4-5-10-36(35)41(50)47-20-6-8-34(49)26-47/h12-19,24-25,27,35-36,39-40H,4-11,20-23,26H2,1-3H3,(H,46,52)/t35-,36+,39-,40-/m0/s1. The number of ketones is 1. The summed E-state index contributed by atoms with van der Waals surface area (Å²) in [6.45, 7) is 5.45. The van der Waals surface area contributed by atoms with Gasteiger partial charge in [-0.2, -0.15) is 0 Å². The lowest BCUT2D eigenvalue weighted by Gasteiger charge is -2.36. The minimum atomic E-state index is -0.648. The molecule has 10 heteroatoms. The van der Waals surface area contributed by atoms with Gasteiger partial charge in [-0.1, -0.05) is 75.2 Å². The van der Waals surface area contributed by atoms with Crippen molar-refractivity contribution >= 4 is 46.3 Å². The number of alkyl carbamates (subject to hydrolysis) is 1. The van der Waals surface area contributed by atoms with Gasteiger partial charge in [-0.15, -0.1) is 0 Å². The van der Waals surface area contributed by atoms with Crippen LogP contribution in [0.3, 0.4) is 0 Å². The molecular formula is C43H51N5O5. The van der Waals surface area contributed by atoms with Gasteiger partial charge >= 0.3 is 6.09 Å². The van der Waals surface area contributed by atoms with Crippen LogP contribution in [-0.4, -0.2) is 83.7 Å². The topological polar surface area (TPSA) is 121 Å². The van der Waals surface area contributed by atoms with E-state index < -0.39 is 12.1 Å². The van der Waals surface area contributed by atoms with Crippen LogP contribution in [0.1, 0.15) is 89.2 Å². The summed E-state index contributed by atoms with van der Waals surface area (Å²) in [4.78, 5) is 64.4. The van der Waals surface area contributed by atoms with Crippen molar-refractivity contribution < 1.29 is 23.9 Å². The first kappa shape index (κ1) is 36.5. The smallest absolute Gasteiger partial charge is 0.407 e. The molecule has 3 fully saturated rings. The number of carbonyl (C=O) groups excluding carboxylic acids is 4. The van der Waals surface area contributed by atoms with E-state index in [0.717, 1.165) is 90.6 Å². The number of rotatable bonds is 9. The summed E-state index contributed by atoms with van der Waals surface area (Å²) in [6, 6.07) is 16.5. The summed E-state index contributed by atoms with van der Waals surface area (Å²) in [5, 5.41) is 2.72. The number of hydrogen-bond donors (Lipinski definition) is 1. The Morgan fingerprint density at radius 1 is 0.774 bits per heavy atom. The van der Waals surface area contributed by atoms with Crippen LogP contribution in [0.4, 0.5) is 4.79 Å². The number of methoxy groups -OCH3 is 1. The molecule has 1 N–H and O–H groups in total. The Morgan fingerprint density at radius 3 is 2.00 bits per heavy atom. The quantitative estimate of drug-likeness (QED) is 0.297. The molecule has 5 aliphatic rings. The predicted octanol–water partition coefficient (Wildman–Crippen LogP) is 7.09. The molecule has 7 rings (SSSR count). The highest BCUT2D eigenvalue weighted by atomic mass is 16.5. The van der Waals surface area contributed by atoms with Crippen LogP contribution in [0.5, 0.6) is 0 Å². The van der Waals surface area contributed by atoms with Gasteiger partial charge in [0, 0.05) is 68.0 Å². The zero-order valence-corrected chi connectivity index (χ0v) is 31.2. The molecule has 0 radical (unpaired) electrons. The number of allylic oxidation sites excluding steroid dienone is 2. The number of nitrogens with zero attached hydrogens (tertiary/aromatic N) is 4. The van der Waals surface area contributed by atoms with Crippen molar-refractivity contribution in [3.05, 3.63) is 72.1 Å². The highest BCUT2D eigenvalue weighted by Gasteiger charge is 2.40. The molecule has 10 nitrogen and oxygen atoms in total. The van der Waals surface area contributed by atoms with Gasteiger partial charge in [0.15, 0.2) is 5.78 Å². The van der Waals surface area contributed by atoms with Crippen molar-refractivity contribution in [3.63, 3.8) is 0 Å². The third kappa shape index (κ3) is 7.92. The number of carbonyl (C=O) groups is 4. The van der Waals surface area contributed by atoms with Crippen LogP contribution < -0.4 is 5.32 Å². The van der Waals surface area contributed by atoms with Gasteiger partial charge in [-0.3, -0.25) is 24.4 Å². The van der Waals surface area contributed by atoms with E-state index in [1.807, 2.05) is 31.1 Å². The molecule has 0 bridgehead atoms. The molecule has 4 aliphatic heterocycles. The molecule has 2 aromatic carbocycles. The molecule has 0 aromatic heterocycles. The zero-order valence-electron chi connectivity index (χ0n) is 31.2. The van der Waals surface area contributed by atoms with E-state index in [0.29, 0.717) is 25.9 Å². The highest BCUT2D eigenvalue weighted by molar-refractivity contribution is 6.04. The van der Waals surface area contributed by atoms with E-state index in [1.165, 1.54) is 12.7 Å². The van der Waals surface area contributed by atoms with Crippen molar-refractivity contribution in [3.8, 4) is 11.1 Å². The lowest BCUT2D eigenvalue weighted by molar-refractivity contribution is -0.142. The maximum absolute atomic E-state index is 13.6. The SMILES string of the molecule is COC(=O)N[C@H](C(=O)N1CCC[C@H]1C1=NC=C(c2ccc(-c3ccc(C4=CN=C([C@H]5CCCC[C@H]5C(=O)N5CCCC(=O)C5)C4)cc3)cc2)C1)C(C)C. The summed E-state index contributed by atoms with van der Waals surface area (Å²) < 4.78 is 4.77. The Bertz CT molecular complexity index is 1860. The number of aliphatic imine (C=N–C) groups is 2. The lowest BCUT2D eigenvalue weighted by Crippen LogP contribution is -2.53. The minimum absolute atomic E-state index is 0.0735. The molecule has 4 atom stereocenters. The van der Waals surface area contributed by atoms with Gasteiger partial charge in [-0.25, -0.2) is 4.79 Å². The fourth-order valence-electron chi connectivity index (χ4n) is 8.77. The Balaban J connectivity index is 0.942. The number of piperidine rings is 1. The number of Topliss-reactive ketones (excluding diaryl/α,β-unsaturated/α-hetero) is 1. The number of benzene rings is 2. The molecule has 2 aromatic rings. The average molecular weight is 718 g/mol. The number of nitrogens with one attached hydrogen (secondary N) is 1. The molecule has 1 aliphatic carbocycles. The Morgan fingerprint density at radius 2 is 1.38 bits per heavy atom. The molecule has 3 amide bonds. The van der Waals surface area contributed by atoms with E-state index in [-0.39, 0.29) is 47.9 Å². The first-order chi connectivity index (χ1) is 25.7. The third-order valence-corrected chi connectivity index (χ3v) is 11.7. The van der Waals surface area contributed by atoms with Crippen molar-refractivity contribution in [2.24, 2.45) is 27.7 Å². The molecular weight excluding hydrogens is 667 g/mol. The van der Waals surface area contributed by atoms with Crippen LogP contribution in [0.2, 0.25) is 0 Å². The maximum Gasteiger partial charge on any atom is 0.407 e. The third-order valence-electron chi connectivity index (χ3n) is 11.7. The molecule has 53 heavy (non-hydrogen) atoms. The van der Waals surface area contributed by atoms with Gasteiger partial charge in [0.1, 0.15) is 6.04 Å². The van der Waals surface area contributed by atoms with Crippen molar-refractivity contribution in [2.45, 2.75) is 90.1 Å². The van der Waals surface area contributed by atoms with Crippen LogP contribution >= 0.6 is 0 Å². The highest BCUT2D eigenvalue weighted by Crippen LogP contribution is 2.38. The number of ether oxygens (including phenoxy) is 1. The summed E-state index contributed by atoms with van der Waals surface area (Å²) >= 11 is 0. The van der Waals surface area contributed by atoms with Crippen molar-refractivity contribution in [1.82, 2.24) is 15.1 Å². The first-order valence-corrected chi connectivity index (χ1v) is 19.4. The summed E-state index contributed by atoms with van der Waals surface area (Å²) in [5.41, 5.74) is 8.92. The fraction of sp³-hybridized carbons (Fsp3) is 0.488. The number of amides is 3. The number of likely N-dealkylation sites (tertiary alicyclic amines) is 2. The average Bonchev–Trinajstić information content (AvgIpc) is 3.98. The van der Waals surface area contributed by atoms with E-state index in [9.17, 15) is 19.2 Å². The second-order valence-electron chi connectivity index (χ2n) is 15.5.